The lowest BCUT2D eigenvalue weighted by molar-refractivity contribution is 0.639. The molecule has 0 saturated carbocycles. The molecule has 2 rings (SSSR count). The van der Waals surface area contributed by atoms with E-state index in [0.29, 0.717) is 12.5 Å². The van der Waals surface area contributed by atoms with E-state index in [1.807, 2.05) is 6.20 Å². The van der Waals surface area contributed by atoms with Gasteiger partial charge in [-0.15, -0.1) is 0 Å². The zero-order valence-corrected chi connectivity index (χ0v) is 11.1. The van der Waals surface area contributed by atoms with Gasteiger partial charge in [-0.1, -0.05) is 38.1 Å². The Morgan fingerprint density at radius 2 is 1.94 bits per heavy atom. The van der Waals surface area contributed by atoms with Crippen molar-refractivity contribution in [2.75, 3.05) is 6.54 Å². The molecular weight excluding hydrogens is 222 g/mol. The van der Waals surface area contributed by atoms with Crippen molar-refractivity contribution < 1.29 is 0 Å². The molecule has 96 valence electrons. The van der Waals surface area contributed by atoms with E-state index < -0.39 is 0 Å². The number of H-pyrrole nitrogens is 1. The fraction of sp³-hybridized carbons (Fsp3) is 0.400. The van der Waals surface area contributed by atoms with E-state index in [0.717, 1.165) is 24.4 Å². The number of aryl methyl sites for hydroxylation is 1. The van der Waals surface area contributed by atoms with Crippen LogP contribution in [-0.4, -0.2) is 16.5 Å². The van der Waals surface area contributed by atoms with Crippen LogP contribution in [-0.2, 0) is 6.42 Å². The maximum Gasteiger partial charge on any atom is 0.110 e. The molecule has 3 nitrogen and oxygen atoms in total. The number of hydrogen-bond acceptors (Lipinski definition) is 2. The zero-order valence-electron chi connectivity index (χ0n) is 11.1. The van der Waals surface area contributed by atoms with Crippen molar-refractivity contribution in [2.24, 2.45) is 5.73 Å². The number of benzene rings is 1. The normalized spacial score (nSPS) is 12.6. The minimum absolute atomic E-state index is 0.327. The highest BCUT2D eigenvalue weighted by Crippen LogP contribution is 2.21. The molecule has 0 aliphatic carbocycles. The fourth-order valence-corrected chi connectivity index (χ4v) is 2.08. The van der Waals surface area contributed by atoms with Gasteiger partial charge in [-0.05, 0) is 24.0 Å². The number of nitrogens with zero attached hydrogens (tertiary/aromatic N) is 1. The van der Waals surface area contributed by atoms with Gasteiger partial charge in [0, 0.05) is 12.5 Å². The Bertz CT molecular complexity index is 481. The van der Waals surface area contributed by atoms with Crippen molar-refractivity contribution >= 4 is 0 Å². The summed E-state index contributed by atoms with van der Waals surface area (Å²) in [5, 5.41) is 0. The Hall–Kier alpha value is -1.61. The van der Waals surface area contributed by atoms with Crippen LogP contribution in [0.25, 0.3) is 11.3 Å². The first-order chi connectivity index (χ1) is 8.78. The van der Waals surface area contributed by atoms with E-state index >= 15 is 0 Å². The number of aromatic amines is 1. The van der Waals surface area contributed by atoms with Gasteiger partial charge in [-0.25, -0.2) is 4.98 Å². The Balaban J connectivity index is 2.23. The maximum absolute atomic E-state index is 5.74. The largest absolute Gasteiger partial charge is 0.342 e. The van der Waals surface area contributed by atoms with Crippen molar-refractivity contribution in [1.82, 2.24) is 9.97 Å². The maximum atomic E-state index is 5.74. The second-order valence-corrected chi connectivity index (χ2v) is 4.57. The summed E-state index contributed by atoms with van der Waals surface area (Å²) in [6.45, 7) is 4.93. The monoisotopic (exact) mass is 243 g/mol. The second-order valence-electron chi connectivity index (χ2n) is 4.57. The number of nitrogens with two attached hydrogens (primary N) is 1. The average Bonchev–Trinajstić information content (AvgIpc) is 2.90. The number of imidazole rings is 1. The van der Waals surface area contributed by atoms with Crippen LogP contribution >= 0.6 is 0 Å². The van der Waals surface area contributed by atoms with Crippen LogP contribution in [0, 0.1) is 0 Å². The average molecular weight is 243 g/mol. The van der Waals surface area contributed by atoms with Gasteiger partial charge in [0.1, 0.15) is 5.82 Å². The van der Waals surface area contributed by atoms with E-state index in [2.05, 4.69) is 48.1 Å². The molecule has 3 N–H and O–H groups in total. The number of hydrogen-bond donors (Lipinski definition) is 2. The number of aromatic nitrogens is 2. The van der Waals surface area contributed by atoms with Crippen LogP contribution in [0.3, 0.4) is 0 Å². The molecule has 0 bridgehead atoms. The summed E-state index contributed by atoms with van der Waals surface area (Å²) in [6, 6.07) is 8.60. The van der Waals surface area contributed by atoms with Gasteiger partial charge >= 0.3 is 0 Å². The van der Waals surface area contributed by atoms with Crippen molar-refractivity contribution in [3.63, 3.8) is 0 Å². The Kier molecular flexibility index (Phi) is 4.15. The first-order valence-corrected chi connectivity index (χ1v) is 6.62. The van der Waals surface area contributed by atoms with E-state index in [1.54, 1.807) is 0 Å². The third-order valence-corrected chi connectivity index (χ3v) is 3.43. The van der Waals surface area contributed by atoms with Crippen molar-refractivity contribution in [2.45, 2.75) is 32.6 Å². The van der Waals surface area contributed by atoms with Gasteiger partial charge in [0.05, 0.1) is 11.9 Å². The summed E-state index contributed by atoms with van der Waals surface area (Å²) in [4.78, 5) is 7.82. The molecule has 1 heterocycles. The lowest BCUT2D eigenvalue weighted by Gasteiger charge is -2.07. The summed E-state index contributed by atoms with van der Waals surface area (Å²) < 4.78 is 0. The van der Waals surface area contributed by atoms with Gasteiger partial charge in [-0.3, -0.25) is 0 Å². The molecule has 0 amide bonds. The molecule has 1 unspecified atom stereocenters. The summed E-state index contributed by atoms with van der Waals surface area (Å²) in [5.74, 6) is 1.32. The zero-order chi connectivity index (χ0) is 13.0. The third-order valence-electron chi connectivity index (χ3n) is 3.43. The number of rotatable bonds is 5. The predicted molar refractivity (Wildman–Crippen MR) is 75.5 cm³/mol. The Labute approximate surface area is 108 Å². The van der Waals surface area contributed by atoms with Crippen molar-refractivity contribution in [3.8, 4) is 11.3 Å². The molecule has 1 atom stereocenters. The van der Waals surface area contributed by atoms with E-state index in [-0.39, 0.29) is 0 Å². The minimum atomic E-state index is 0.327. The first kappa shape index (κ1) is 12.8. The number of nitrogens with one attached hydrogen (secondary N) is 1. The van der Waals surface area contributed by atoms with E-state index in [4.69, 9.17) is 5.73 Å². The Morgan fingerprint density at radius 3 is 2.50 bits per heavy atom. The van der Waals surface area contributed by atoms with Crippen LogP contribution in [0.15, 0.2) is 30.5 Å². The highest BCUT2D eigenvalue weighted by atomic mass is 14.9. The quantitative estimate of drug-likeness (QED) is 0.847. The molecule has 3 heteroatoms. The molecule has 0 fully saturated rings. The molecule has 0 aliphatic heterocycles. The van der Waals surface area contributed by atoms with Gasteiger partial charge in [0.25, 0.3) is 0 Å². The van der Waals surface area contributed by atoms with Crippen LogP contribution in [0.4, 0.5) is 0 Å². The predicted octanol–water partition coefficient (Wildman–Crippen LogP) is 3.09. The highest BCUT2D eigenvalue weighted by molar-refractivity contribution is 5.58. The molecule has 1 aromatic carbocycles. The summed E-state index contributed by atoms with van der Waals surface area (Å²) in [5.41, 5.74) is 9.34. The summed E-state index contributed by atoms with van der Waals surface area (Å²) in [6.07, 6.45) is 3.98. The smallest absolute Gasteiger partial charge is 0.110 e. The van der Waals surface area contributed by atoms with Gasteiger partial charge < -0.3 is 10.7 Å². The van der Waals surface area contributed by atoms with Gasteiger partial charge in [0.2, 0.25) is 0 Å². The second kappa shape index (κ2) is 5.83. The molecule has 0 aliphatic rings. The molecule has 0 saturated heterocycles. The molecule has 0 spiro atoms. The van der Waals surface area contributed by atoms with E-state index in [9.17, 15) is 0 Å². The fourth-order valence-electron chi connectivity index (χ4n) is 2.08. The SMILES string of the molecule is CCc1ccc(-c2cnc(C(CC)CN)[nH]2)cc1. The van der Waals surface area contributed by atoms with Gasteiger partial charge in [0.15, 0.2) is 0 Å². The lowest BCUT2D eigenvalue weighted by atomic mass is 10.1. The molecule has 0 radical (unpaired) electrons. The third kappa shape index (κ3) is 2.62. The lowest BCUT2D eigenvalue weighted by Crippen LogP contribution is -2.12. The van der Waals surface area contributed by atoms with E-state index in [1.165, 1.54) is 11.1 Å². The molecule has 2 aromatic rings. The van der Waals surface area contributed by atoms with Crippen LogP contribution in [0.1, 0.15) is 37.6 Å². The molecule has 18 heavy (non-hydrogen) atoms. The van der Waals surface area contributed by atoms with Crippen LogP contribution in [0.2, 0.25) is 0 Å². The molecule has 1 aromatic heterocycles. The summed E-state index contributed by atoms with van der Waals surface area (Å²) in [7, 11) is 0. The van der Waals surface area contributed by atoms with Crippen molar-refractivity contribution in [3.05, 3.63) is 41.9 Å². The summed E-state index contributed by atoms with van der Waals surface area (Å²) >= 11 is 0. The topological polar surface area (TPSA) is 54.7 Å². The standard InChI is InChI=1S/C15H21N3/c1-3-11-5-7-13(8-6-11)14-10-17-15(18-14)12(4-2)9-16/h5-8,10,12H,3-4,9,16H2,1-2H3,(H,17,18). The minimum Gasteiger partial charge on any atom is -0.342 e. The van der Waals surface area contributed by atoms with Gasteiger partial charge in [-0.2, -0.15) is 0 Å². The molecular formula is C15H21N3. The first-order valence-electron chi connectivity index (χ1n) is 6.62. The van der Waals surface area contributed by atoms with Crippen LogP contribution in [0.5, 0.6) is 0 Å². The Morgan fingerprint density at radius 1 is 1.22 bits per heavy atom. The highest BCUT2D eigenvalue weighted by Gasteiger charge is 2.11. The van der Waals surface area contributed by atoms with Crippen molar-refractivity contribution in [1.29, 1.82) is 0 Å². The van der Waals surface area contributed by atoms with Crippen LogP contribution < -0.4 is 5.73 Å².